The molecule has 0 unspecified atom stereocenters. The number of amides is 1. The lowest BCUT2D eigenvalue weighted by atomic mass is 10.2. The molecule has 3 rings (SSSR count). The Balaban J connectivity index is 1.53. The standard InChI is InChI=1S/C20H24ClN3O2/c1-15(20(25)22-17-6-8-19(26-2)9-7-17)23-10-12-24(13-11-23)18-5-3-4-16(21)14-18/h3-9,14-15H,10-13H2,1-2H3,(H,22,25)/p+1/t15-/m0/s1. The Kier molecular flexibility index (Phi) is 6.01. The predicted octanol–water partition coefficient (Wildman–Crippen LogP) is 2.08. The van der Waals surface area contributed by atoms with Gasteiger partial charge in [-0.25, -0.2) is 0 Å². The third kappa shape index (κ3) is 4.48. The SMILES string of the molecule is COc1ccc(NC(=O)[C@H](C)[NH+]2CCN(c3cccc(Cl)c3)CC2)cc1. The van der Waals surface area contributed by atoms with E-state index in [2.05, 4.69) is 16.3 Å². The van der Waals surface area contributed by atoms with Crippen LogP contribution in [0.25, 0.3) is 0 Å². The van der Waals surface area contributed by atoms with E-state index in [0.717, 1.165) is 48.3 Å². The van der Waals surface area contributed by atoms with Crippen LogP contribution in [0.5, 0.6) is 5.75 Å². The highest BCUT2D eigenvalue weighted by Crippen LogP contribution is 2.19. The minimum atomic E-state index is -0.0985. The summed E-state index contributed by atoms with van der Waals surface area (Å²) < 4.78 is 5.14. The van der Waals surface area contributed by atoms with Gasteiger partial charge in [-0.05, 0) is 49.4 Å². The second kappa shape index (κ2) is 8.43. The van der Waals surface area contributed by atoms with Crippen LogP contribution in [-0.4, -0.2) is 45.2 Å². The fourth-order valence-corrected chi connectivity index (χ4v) is 3.45. The number of ether oxygens (including phenoxy) is 1. The zero-order valence-electron chi connectivity index (χ0n) is 15.2. The minimum Gasteiger partial charge on any atom is -0.497 e. The van der Waals surface area contributed by atoms with Crippen molar-refractivity contribution in [3.63, 3.8) is 0 Å². The Morgan fingerprint density at radius 2 is 1.88 bits per heavy atom. The topological polar surface area (TPSA) is 46.0 Å². The molecule has 138 valence electrons. The number of nitrogens with one attached hydrogen (secondary N) is 2. The number of quaternary nitrogens is 1. The summed E-state index contributed by atoms with van der Waals surface area (Å²) in [4.78, 5) is 16.2. The van der Waals surface area contributed by atoms with E-state index < -0.39 is 0 Å². The highest BCUT2D eigenvalue weighted by Gasteiger charge is 2.29. The van der Waals surface area contributed by atoms with Crippen LogP contribution < -0.4 is 19.9 Å². The van der Waals surface area contributed by atoms with Crippen molar-refractivity contribution in [1.29, 1.82) is 0 Å². The molecule has 0 aromatic heterocycles. The summed E-state index contributed by atoms with van der Waals surface area (Å²) in [6.07, 6.45) is 0. The molecular weight excluding hydrogens is 350 g/mol. The van der Waals surface area contributed by atoms with Gasteiger partial charge in [0.1, 0.15) is 5.75 Å². The largest absolute Gasteiger partial charge is 0.497 e. The van der Waals surface area contributed by atoms with Crippen molar-refractivity contribution in [1.82, 2.24) is 0 Å². The van der Waals surface area contributed by atoms with Crippen LogP contribution in [-0.2, 0) is 4.79 Å². The maximum Gasteiger partial charge on any atom is 0.282 e. The van der Waals surface area contributed by atoms with Gasteiger partial charge in [-0.3, -0.25) is 4.79 Å². The number of halogens is 1. The Bertz CT molecular complexity index is 743. The molecular formula is C20H25ClN3O2+. The Labute approximate surface area is 159 Å². The lowest BCUT2D eigenvalue weighted by Crippen LogP contribution is -3.19. The minimum absolute atomic E-state index is 0.0429. The zero-order valence-corrected chi connectivity index (χ0v) is 15.9. The van der Waals surface area contributed by atoms with E-state index in [4.69, 9.17) is 16.3 Å². The van der Waals surface area contributed by atoms with Crippen LogP contribution in [0.1, 0.15) is 6.92 Å². The van der Waals surface area contributed by atoms with Gasteiger partial charge < -0.3 is 19.9 Å². The summed E-state index contributed by atoms with van der Waals surface area (Å²) in [6, 6.07) is 15.2. The van der Waals surface area contributed by atoms with Gasteiger partial charge in [-0.15, -0.1) is 0 Å². The molecule has 0 spiro atoms. The lowest BCUT2D eigenvalue weighted by Gasteiger charge is -2.36. The highest BCUT2D eigenvalue weighted by atomic mass is 35.5. The molecule has 0 bridgehead atoms. The molecule has 1 fully saturated rings. The fraction of sp³-hybridized carbons (Fsp3) is 0.350. The second-order valence-corrected chi connectivity index (χ2v) is 7.00. The molecule has 1 amide bonds. The van der Waals surface area contributed by atoms with Crippen molar-refractivity contribution in [3.05, 3.63) is 53.6 Å². The van der Waals surface area contributed by atoms with E-state index in [-0.39, 0.29) is 11.9 Å². The van der Waals surface area contributed by atoms with E-state index in [9.17, 15) is 4.79 Å². The number of carbonyl (C=O) groups is 1. The first-order chi connectivity index (χ1) is 12.6. The maximum absolute atomic E-state index is 12.6. The molecule has 2 aromatic carbocycles. The van der Waals surface area contributed by atoms with Crippen molar-refractivity contribution in [2.24, 2.45) is 0 Å². The molecule has 6 heteroatoms. The summed E-state index contributed by atoms with van der Waals surface area (Å²) >= 11 is 6.09. The number of methoxy groups -OCH3 is 1. The van der Waals surface area contributed by atoms with Gasteiger partial charge in [0.2, 0.25) is 0 Å². The normalized spacial score (nSPS) is 16.2. The van der Waals surface area contributed by atoms with Gasteiger partial charge in [0, 0.05) is 16.4 Å². The molecule has 1 heterocycles. The molecule has 2 N–H and O–H groups in total. The quantitative estimate of drug-likeness (QED) is 0.842. The molecule has 0 saturated carbocycles. The van der Waals surface area contributed by atoms with E-state index in [1.54, 1.807) is 7.11 Å². The first-order valence-corrected chi connectivity index (χ1v) is 9.24. The molecule has 1 aliphatic heterocycles. The van der Waals surface area contributed by atoms with Crippen LogP contribution in [0.4, 0.5) is 11.4 Å². The molecule has 5 nitrogen and oxygen atoms in total. The van der Waals surface area contributed by atoms with Crippen molar-refractivity contribution < 1.29 is 14.4 Å². The first kappa shape index (κ1) is 18.5. The van der Waals surface area contributed by atoms with Crippen LogP contribution >= 0.6 is 11.6 Å². The molecule has 1 saturated heterocycles. The third-order valence-electron chi connectivity index (χ3n) is 4.94. The molecule has 0 aliphatic carbocycles. The van der Waals surface area contributed by atoms with E-state index >= 15 is 0 Å². The van der Waals surface area contributed by atoms with Crippen LogP contribution in [0.3, 0.4) is 0 Å². The number of carbonyl (C=O) groups excluding carboxylic acids is 1. The van der Waals surface area contributed by atoms with Gasteiger partial charge in [-0.2, -0.15) is 0 Å². The van der Waals surface area contributed by atoms with Crippen molar-refractivity contribution >= 4 is 28.9 Å². The first-order valence-electron chi connectivity index (χ1n) is 8.87. The van der Waals surface area contributed by atoms with Crippen LogP contribution in [0.15, 0.2) is 48.5 Å². The summed E-state index contributed by atoms with van der Waals surface area (Å²) in [6.45, 7) is 5.66. The average molecular weight is 375 g/mol. The van der Waals surface area contributed by atoms with E-state index in [0.29, 0.717) is 0 Å². The van der Waals surface area contributed by atoms with Gasteiger partial charge in [0.25, 0.3) is 5.91 Å². The lowest BCUT2D eigenvalue weighted by molar-refractivity contribution is -0.914. The number of hydrogen-bond donors (Lipinski definition) is 2. The summed E-state index contributed by atoms with van der Waals surface area (Å²) in [7, 11) is 1.63. The Hall–Kier alpha value is -2.24. The molecule has 2 aromatic rings. The smallest absolute Gasteiger partial charge is 0.282 e. The Morgan fingerprint density at radius 3 is 2.50 bits per heavy atom. The van der Waals surface area contributed by atoms with E-state index in [1.807, 2.05) is 49.4 Å². The summed E-state index contributed by atoms with van der Waals surface area (Å²) in [5.74, 6) is 0.820. The second-order valence-electron chi connectivity index (χ2n) is 6.56. The van der Waals surface area contributed by atoms with Gasteiger partial charge in [0.15, 0.2) is 6.04 Å². The van der Waals surface area contributed by atoms with Gasteiger partial charge in [-0.1, -0.05) is 17.7 Å². The van der Waals surface area contributed by atoms with Crippen molar-refractivity contribution in [3.8, 4) is 5.75 Å². The van der Waals surface area contributed by atoms with Crippen molar-refractivity contribution in [2.45, 2.75) is 13.0 Å². The molecule has 0 radical (unpaired) electrons. The number of nitrogens with zero attached hydrogens (tertiary/aromatic N) is 1. The molecule has 26 heavy (non-hydrogen) atoms. The molecule has 1 aliphatic rings. The van der Waals surface area contributed by atoms with Gasteiger partial charge in [0.05, 0.1) is 33.3 Å². The number of anilines is 2. The Morgan fingerprint density at radius 1 is 1.19 bits per heavy atom. The zero-order chi connectivity index (χ0) is 18.5. The number of piperazine rings is 1. The summed E-state index contributed by atoms with van der Waals surface area (Å²) in [5.41, 5.74) is 1.94. The van der Waals surface area contributed by atoms with Crippen LogP contribution in [0, 0.1) is 0 Å². The predicted molar refractivity (Wildman–Crippen MR) is 105 cm³/mol. The number of rotatable bonds is 5. The number of benzene rings is 2. The fourth-order valence-electron chi connectivity index (χ4n) is 3.27. The molecule has 1 atom stereocenters. The number of hydrogen-bond acceptors (Lipinski definition) is 3. The highest BCUT2D eigenvalue weighted by molar-refractivity contribution is 6.30. The third-order valence-corrected chi connectivity index (χ3v) is 5.18. The van der Waals surface area contributed by atoms with Crippen molar-refractivity contribution in [2.75, 3.05) is 43.5 Å². The maximum atomic E-state index is 12.6. The monoisotopic (exact) mass is 374 g/mol. The average Bonchev–Trinajstić information content (AvgIpc) is 2.68. The van der Waals surface area contributed by atoms with Crippen LogP contribution in [0.2, 0.25) is 5.02 Å². The van der Waals surface area contributed by atoms with Gasteiger partial charge >= 0.3 is 0 Å². The van der Waals surface area contributed by atoms with E-state index in [1.165, 1.54) is 4.90 Å². The summed E-state index contributed by atoms with van der Waals surface area (Å²) in [5, 5.41) is 3.75.